The smallest absolute Gasteiger partial charge is 0.382 e. The summed E-state index contributed by atoms with van der Waals surface area (Å²) in [5.41, 5.74) is 1.75. The monoisotopic (exact) mass is 276 g/mol. The molecule has 20 heavy (non-hydrogen) atoms. The topological polar surface area (TPSA) is 74.4 Å². The number of methoxy groups -OCH3 is 1. The maximum Gasteiger partial charge on any atom is 0.382 e. The number of aromatic nitrogens is 1. The molecule has 2 atom stereocenters. The third kappa shape index (κ3) is 2.24. The van der Waals surface area contributed by atoms with Gasteiger partial charge in [0.05, 0.1) is 13.0 Å². The summed E-state index contributed by atoms with van der Waals surface area (Å²) < 4.78 is 6.45. The van der Waals surface area contributed by atoms with Gasteiger partial charge in [0.25, 0.3) is 0 Å². The van der Waals surface area contributed by atoms with Crippen molar-refractivity contribution in [2.24, 2.45) is 7.05 Å². The Balaban J connectivity index is 2.52. The van der Waals surface area contributed by atoms with Gasteiger partial charge in [0.1, 0.15) is 0 Å². The minimum Gasteiger partial charge on any atom is -0.464 e. The Morgan fingerprint density at radius 3 is 2.65 bits per heavy atom. The molecule has 6 heteroatoms. The first-order valence-electron chi connectivity index (χ1n) is 6.22. The fourth-order valence-electron chi connectivity index (χ4n) is 2.50. The molecular formula is C14H16N2O4. The van der Waals surface area contributed by atoms with Crippen LogP contribution >= 0.6 is 0 Å². The highest BCUT2D eigenvalue weighted by Crippen LogP contribution is 2.30. The molecule has 0 N–H and O–H groups in total. The molecule has 0 fully saturated rings. The van der Waals surface area contributed by atoms with Crippen LogP contribution in [0.3, 0.4) is 0 Å². The number of esters is 1. The number of rotatable bonds is 4. The second-order valence-corrected chi connectivity index (χ2v) is 4.75. The molecule has 0 aliphatic heterocycles. The second-order valence-electron chi connectivity index (χ2n) is 4.75. The van der Waals surface area contributed by atoms with Gasteiger partial charge in [-0.05, 0) is 11.6 Å². The van der Waals surface area contributed by atoms with Crippen molar-refractivity contribution in [1.82, 2.24) is 4.57 Å². The molecule has 2 unspecified atom stereocenters. The number of carbonyl (C=O) groups excluding carboxylic acids is 1. The summed E-state index contributed by atoms with van der Waals surface area (Å²) in [7, 11) is 3.03. The summed E-state index contributed by atoms with van der Waals surface area (Å²) in [6.07, 6.45) is 1.83. The van der Waals surface area contributed by atoms with Crippen LogP contribution in [0.15, 0.2) is 30.5 Å². The van der Waals surface area contributed by atoms with E-state index in [2.05, 4.69) is 4.74 Å². The number of benzene rings is 1. The van der Waals surface area contributed by atoms with E-state index in [1.54, 1.807) is 6.92 Å². The van der Waals surface area contributed by atoms with E-state index in [-0.39, 0.29) is 0 Å². The second kappa shape index (κ2) is 5.32. The first-order chi connectivity index (χ1) is 9.47. The van der Waals surface area contributed by atoms with E-state index < -0.39 is 22.9 Å². The molecule has 0 saturated heterocycles. The summed E-state index contributed by atoms with van der Waals surface area (Å²) in [5, 5.41) is 12.1. The van der Waals surface area contributed by atoms with Crippen LogP contribution in [0.2, 0.25) is 0 Å². The van der Waals surface area contributed by atoms with Gasteiger partial charge in [0, 0.05) is 29.1 Å². The van der Waals surface area contributed by atoms with Crippen molar-refractivity contribution in [3.63, 3.8) is 0 Å². The minimum absolute atomic E-state index is 0.566. The van der Waals surface area contributed by atoms with Crippen LogP contribution in [0, 0.1) is 10.1 Å². The van der Waals surface area contributed by atoms with Crippen LogP contribution < -0.4 is 0 Å². The van der Waals surface area contributed by atoms with E-state index in [9.17, 15) is 14.9 Å². The highest BCUT2D eigenvalue weighted by molar-refractivity contribution is 5.86. The summed E-state index contributed by atoms with van der Waals surface area (Å²) >= 11 is 0. The number of ether oxygens (including phenoxy) is 1. The molecule has 1 heterocycles. The summed E-state index contributed by atoms with van der Waals surface area (Å²) in [4.78, 5) is 22.2. The van der Waals surface area contributed by atoms with Gasteiger partial charge in [-0.3, -0.25) is 10.1 Å². The molecule has 2 rings (SSSR count). The molecule has 0 saturated carbocycles. The van der Waals surface area contributed by atoms with Gasteiger partial charge in [-0.25, -0.2) is 4.79 Å². The molecular weight excluding hydrogens is 260 g/mol. The van der Waals surface area contributed by atoms with E-state index in [1.165, 1.54) is 0 Å². The molecule has 0 radical (unpaired) electrons. The number of aryl methyl sites for hydroxylation is 1. The lowest BCUT2D eigenvalue weighted by molar-refractivity contribution is -0.513. The molecule has 106 valence electrons. The number of fused-ring (bicyclic) bond motifs is 1. The van der Waals surface area contributed by atoms with Crippen LogP contribution in [0.5, 0.6) is 0 Å². The minimum atomic E-state index is -1.40. The first-order valence-corrected chi connectivity index (χ1v) is 6.22. The van der Waals surface area contributed by atoms with E-state index in [0.717, 1.165) is 23.6 Å². The molecule has 2 aromatic rings. The molecule has 0 spiro atoms. The van der Waals surface area contributed by atoms with E-state index in [0.29, 0.717) is 0 Å². The summed E-state index contributed by atoms with van der Waals surface area (Å²) in [5.74, 6) is -1.39. The van der Waals surface area contributed by atoms with Gasteiger partial charge in [-0.15, -0.1) is 0 Å². The molecule has 1 aromatic carbocycles. The zero-order valence-corrected chi connectivity index (χ0v) is 11.6. The van der Waals surface area contributed by atoms with Crippen molar-refractivity contribution in [1.29, 1.82) is 0 Å². The van der Waals surface area contributed by atoms with Gasteiger partial charge >= 0.3 is 12.0 Å². The van der Waals surface area contributed by atoms with Crippen molar-refractivity contribution in [3.8, 4) is 0 Å². The van der Waals surface area contributed by atoms with E-state index in [4.69, 9.17) is 0 Å². The van der Waals surface area contributed by atoms with Gasteiger partial charge in [0.2, 0.25) is 0 Å². The maximum absolute atomic E-state index is 11.6. The fourth-order valence-corrected chi connectivity index (χ4v) is 2.50. The normalized spacial score (nSPS) is 13.9. The zero-order valence-electron chi connectivity index (χ0n) is 11.6. The standard InChI is InChI=1S/C14H16N2O4/c1-9(13(16(18)19)14(17)20-3)11-8-15(2)12-7-5-4-6-10(11)12/h4-9,13H,1-3H3. The highest BCUT2D eigenvalue weighted by atomic mass is 16.6. The Hall–Kier alpha value is -2.37. The molecule has 0 aliphatic rings. The lowest BCUT2D eigenvalue weighted by Gasteiger charge is -2.14. The van der Waals surface area contributed by atoms with E-state index in [1.807, 2.05) is 42.1 Å². The number of hydrogen-bond donors (Lipinski definition) is 0. The number of para-hydroxylation sites is 1. The number of nitro groups is 1. The quantitative estimate of drug-likeness (QED) is 0.487. The highest BCUT2D eigenvalue weighted by Gasteiger charge is 2.39. The predicted octanol–water partition coefficient (Wildman–Crippen LogP) is 2.10. The average Bonchev–Trinajstić information content (AvgIpc) is 2.76. The zero-order chi connectivity index (χ0) is 14.9. The summed E-state index contributed by atoms with van der Waals surface area (Å²) in [6.45, 7) is 1.67. The molecule has 0 bridgehead atoms. The van der Waals surface area contributed by atoms with Crippen molar-refractivity contribution in [2.75, 3.05) is 7.11 Å². The number of carbonyl (C=O) groups is 1. The third-order valence-electron chi connectivity index (χ3n) is 3.56. The van der Waals surface area contributed by atoms with Crippen LogP contribution in [0.25, 0.3) is 10.9 Å². The van der Waals surface area contributed by atoms with Gasteiger partial charge in [0.15, 0.2) is 0 Å². The number of hydrogen-bond acceptors (Lipinski definition) is 4. The van der Waals surface area contributed by atoms with Crippen molar-refractivity contribution in [2.45, 2.75) is 18.9 Å². The average molecular weight is 276 g/mol. The first kappa shape index (κ1) is 14.0. The molecule has 0 amide bonds. The Morgan fingerprint density at radius 1 is 1.40 bits per heavy atom. The Kier molecular flexibility index (Phi) is 3.74. The summed E-state index contributed by atoms with van der Waals surface area (Å²) in [6, 6.07) is 6.21. The van der Waals surface area contributed by atoms with E-state index >= 15 is 0 Å². The van der Waals surface area contributed by atoms with Crippen LogP contribution in [-0.4, -0.2) is 28.6 Å². The van der Waals surface area contributed by atoms with Crippen LogP contribution in [0.4, 0.5) is 0 Å². The molecule has 1 aromatic heterocycles. The Labute approximate surface area is 116 Å². The molecule has 6 nitrogen and oxygen atoms in total. The molecule has 0 aliphatic carbocycles. The largest absolute Gasteiger partial charge is 0.464 e. The van der Waals surface area contributed by atoms with Crippen LogP contribution in [0.1, 0.15) is 18.4 Å². The predicted molar refractivity (Wildman–Crippen MR) is 74.1 cm³/mol. The van der Waals surface area contributed by atoms with Crippen LogP contribution in [-0.2, 0) is 16.6 Å². The fraction of sp³-hybridized carbons (Fsp3) is 0.357. The lowest BCUT2D eigenvalue weighted by Crippen LogP contribution is -2.35. The number of nitrogens with zero attached hydrogens (tertiary/aromatic N) is 2. The van der Waals surface area contributed by atoms with Gasteiger partial charge in [-0.1, -0.05) is 25.1 Å². The third-order valence-corrected chi connectivity index (χ3v) is 3.56. The lowest BCUT2D eigenvalue weighted by atomic mass is 9.93. The van der Waals surface area contributed by atoms with Crippen molar-refractivity contribution < 1.29 is 14.5 Å². The van der Waals surface area contributed by atoms with Crippen molar-refractivity contribution in [3.05, 3.63) is 46.1 Å². The Morgan fingerprint density at radius 2 is 2.05 bits per heavy atom. The maximum atomic E-state index is 11.6. The SMILES string of the molecule is COC(=O)C(C(C)c1cn(C)c2ccccc12)[N+](=O)[O-]. The van der Waals surface area contributed by atoms with Gasteiger partial charge in [-0.2, -0.15) is 0 Å². The van der Waals surface area contributed by atoms with Gasteiger partial charge < -0.3 is 9.30 Å². The Bertz CT molecular complexity index is 662. The van der Waals surface area contributed by atoms with Crippen molar-refractivity contribution >= 4 is 16.9 Å².